The van der Waals surface area contributed by atoms with Crippen LogP contribution in [-0.2, 0) is 0 Å². The summed E-state index contributed by atoms with van der Waals surface area (Å²) in [5.41, 5.74) is 0. The van der Waals surface area contributed by atoms with Crippen LogP contribution in [0.25, 0.3) is 10.2 Å². The minimum absolute atomic E-state index is 0.546. The Labute approximate surface area is 140 Å². The fourth-order valence-electron chi connectivity index (χ4n) is 1.80. The smallest absolute Gasteiger partial charge is 0.225 e. The maximum absolute atomic E-state index is 6.07. The number of fused-ring (bicyclic) bond motifs is 1. The van der Waals surface area contributed by atoms with Crippen LogP contribution in [0.3, 0.4) is 0 Å². The van der Waals surface area contributed by atoms with Crippen molar-refractivity contribution in [3.8, 4) is 0 Å². The summed E-state index contributed by atoms with van der Waals surface area (Å²) in [4.78, 5) is 11.0. The monoisotopic (exact) mass is 355 g/mol. The van der Waals surface area contributed by atoms with E-state index >= 15 is 0 Å². The zero-order valence-electron chi connectivity index (χ0n) is 11.1. The number of hydrogen-bond acceptors (Lipinski definition) is 5. The molecule has 3 nitrogen and oxygen atoms in total. The number of hydrogen-bond donors (Lipinski definition) is 1. The number of benzene rings is 1. The predicted octanol–water partition coefficient (Wildman–Crippen LogP) is 5.58. The lowest BCUT2D eigenvalue weighted by Crippen LogP contribution is -2.02. The third kappa shape index (κ3) is 3.26. The van der Waals surface area contributed by atoms with E-state index in [0.717, 1.165) is 26.7 Å². The van der Waals surface area contributed by atoms with E-state index in [-0.39, 0.29) is 0 Å². The molecule has 1 N–H and O–H groups in total. The zero-order valence-corrected chi connectivity index (χ0v) is 14.2. The van der Waals surface area contributed by atoms with Crippen molar-refractivity contribution in [1.82, 2.24) is 9.97 Å². The Bertz CT molecular complexity index is 789. The molecule has 21 heavy (non-hydrogen) atoms. The molecular weight excluding hydrogens is 345 g/mol. The number of rotatable bonds is 4. The van der Waals surface area contributed by atoms with Gasteiger partial charge in [0.15, 0.2) is 0 Å². The van der Waals surface area contributed by atoms with Gasteiger partial charge in [0.1, 0.15) is 9.86 Å². The molecule has 0 aliphatic rings. The first-order valence-electron chi connectivity index (χ1n) is 6.29. The van der Waals surface area contributed by atoms with Gasteiger partial charge in [-0.25, -0.2) is 9.97 Å². The Morgan fingerprint density at radius 2 is 2.05 bits per heavy atom. The molecule has 1 aromatic carbocycles. The number of nitrogens with one attached hydrogen (secondary N) is 1. The van der Waals surface area contributed by atoms with Crippen molar-refractivity contribution in [2.75, 3.05) is 11.9 Å². The molecule has 0 amide bonds. The van der Waals surface area contributed by atoms with Gasteiger partial charge in [-0.05, 0) is 36.6 Å². The van der Waals surface area contributed by atoms with Gasteiger partial charge in [0, 0.05) is 16.8 Å². The van der Waals surface area contributed by atoms with Crippen LogP contribution in [0, 0.1) is 0 Å². The van der Waals surface area contributed by atoms with Crippen LogP contribution < -0.4 is 5.32 Å². The Morgan fingerprint density at radius 1 is 1.19 bits per heavy atom. The lowest BCUT2D eigenvalue weighted by molar-refractivity contribution is 1.06. The normalized spacial score (nSPS) is 11.0. The molecule has 2 aromatic heterocycles. The van der Waals surface area contributed by atoms with E-state index in [2.05, 4.69) is 15.3 Å². The maximum atomic E-state index is 6.07. The van der Waals surface area contributed by atoms with Crippen LogP contribution >= 0.6 is 46.3 Å². The van der Waals surface area contributed by atoms with Crippen molar-refractivity contribution in [2.45, 2.75) is 16.8 Å². The van der Waals surface area contributed by atoms with Crippen molar-refractivity contribution in [3.63, 3.8) is 0 Å². The second-order valence-electron chi connectivity index (χ2n) is 4.20. The largest absolute Gasteiger partial charge is 0.354 e. The number of aromatic nitrogens is 2. The SMILES string of the molecule is CCNc1nc(Sc2ccc(Cl)c(Cl)c2)c2ccsc2n1. The topological polar surface area (TPSA) is 37.8 Å². The van der Waals surface area contributed by atoms with Crippen molar-refractivity contribution in [1.29, 1.82) is 0 Å². The van der Waals surface area contributed by atoms with Gasteiger partial charge in [0.25, 0.3) is 0 Å². The quantitative estimate of drug-likeness (QED) is 0.619. The van der Waals surface area contributed by atoms with Gasteiger partial charge in [-0.2, -0.15) is 0 Å². The Balaban J connectivity index is 2.01. The highest BCUT2D eigenvalue weighted by molar-refractivity contribution is 7.99. The van der Waals surface area contributed by atoms with Gasteiger partial charge in [-0.1, -0.05) is 35.0 Å². The van der Waals surface area contributed by atoms with Gasteiger partial charge < -0.3 is 5.32 Å². The Kier molecular flexibility index (Phi) is 4.54. The summed E-state index contributed by atoms with van der Waals surface area (Å²) in [6, 6.07) is 7.62. The summed E-state index contributed by atoms with van der Waals surface area (Å²) in [6.07, 6.45) is 0. The molecule has 0 spiro atoms. The summed E-state index contributed by atoms with van der Waals surface area (Å²) in [7, 11) is 0. The molecular formula is C14H11Cl2N3S2. The second kappa shape index (κ2) is 6.40. The first kappa shape index (κ1) is 14.9. The summed E-state index contributed by atoms with van der Waals surface area (Å²) >= 11 is 15.2. The van der Waals surface area contributed by atoms with Gasteiger partial charge in [-0.15, -0.1) is 11.3 Å². The lowest BCUT2D eigenvalue weighted by atomic mass is 10.4. The van der Waals surface area contributed by atoms with Gasteiger partial charge in [-0.3, -0.25) is 0 Å². The van der Waals surface area contributed by atoms with E-state index in [4.69, 9.17) is 23.2 Å². The molecule has 0 radical (unpaired) electrons. The Morgan fingerprint density at radius 3 is 2.81 bits per heavy atom. The molecule has 108 valence electrons. The first-order valence-corrected chi connectivity index (χ1v) is 8.74. The first-order chi connectivity index (χ1) is 10.2. The molecule has 3 aromatic rings. The fourth-order valence-corrected chi connectivity index (χ4v) is 3.93. The van der Waals surface area contributed by atoms with Crippen LogP contribution in [0.5, 0.6) is 0 Å². The molecule has 0 aliphatic carbocycles. The van der Waals surface area contributed by atoms with E-state index in [1.54, 1.807) is 29.2 Å². The molecule has 0 aliphatic heterocycles. The van der Waals surface area contributed by atoms with Crippen molar-refractivity contribution in [2.24, 2.45) is 0 Å². The molecule has 0 saturated carbocycles. The minimum atomic E-state index is 0.546. The highest BCUT2D eigenvalue weighted by atomic mass is 35.5. The number of thiophene rings is 1. The van der Waals surface area contributed by atoms with Crippen molar-refractivity contribution < 1.29 is 0 Å². The molecule has 7 heteroatoms. The third-order valence-electron chi connectivity index (χ3n) is 2.73. The molecule has 0 unspecified atom stereocenters. The summed E-state index contributed by atoms with van der Waals surface area (Å²) in [5.74, 6) is 0.648. The van der Waals surface area contributed by atoms with Gasteiger partial charge >= 0.3 is 0 Å². The molecule has 0 bridgehead atoms. The van der Waals surface area contributed by atoms with Gasteiger partial charge in [0.2, 0.25) is 5.95 Å². The van der Waals surface area contributed by atoms with E-state index in [1.807, 2.05) is 30.5 Å². The van der Waals surface area contributed by atoms with E-state index in [0.29, 0.717) is 16.0 Å². The molecule has 0 saturated heterocycles. The highest BCUT2D eigenvalue weighted by Gasteiger charge is 2.11. The lowest BCUT2D eigenvalue weighted by Gasteiger charge is -2.07. The van der Waals surface area contributed by atoms with Crippen LogP contribution in [0.4, 0.5) is 5.95 Å². The number of halogens is 2. The third-order valence-corrected chi connectivity index (χ3v) is 5.27. The molecule has 2 heterocycles. The average molecular weight is 356 g/mol. The number of anilines is 1. The van der Waals surface area contributed by atoms with E-state index < -0.39 is 0 Å². The fraction of sp³-hybridized carbons (Fsp3) is 0.143. The maximum Gasteiger partial charge on any atom is 0.225 e. The Hall–Kier alpha value is -1.01. The van der Waals surface area contributed by atoms with Crippen LogP contribution in [-0.4, -0.2) is 16.5 Å². The standard InChI is InChI=1S/C14H11Cl2N3S2/c1-2-17-14-18-12-9(5-6-20-12)13(19-14)21-8-3-4-10(15)11(16)7-8/h3-7H,2H2,1H3,(H,17,18,19). The summed E-state index contributed by atoms with van der Waals surface area (Å²) in [6.45, 7) is 2.81. The number of nitrogens with zero attached hydrogens (tertiary/aromatic N) is 2. The van der Waals surface area contributed by atoms with Gasteiger partial charge in [0.05, 0.1) is 10.0 Å². The molecule has 0 atom stereocenters. The van der Waals surface area contributed by atoms with Crippen LogP contribution in [0.15, 0.2) is 39.6 Å². The van der Waals surface area contributed by atoms with Crippen molar-refractivity contribution >= 4 is 62.5 Å². The van der Waals surface area contributed by atoms with E-state index in [9.17, 15) is 0 Å². The van der Waals surface area contributed by atoms with E-state index in [1.165, 1.54) is 0 Å². The summed E-state index contributed by atoms with van der Waals surface area (Å²) < 4.78 is 0. The predicted molar refractivity (Wildman–Crippen MR) is 92.2 cm³/mol. The minimum Gasteiger partial charge on any atom is -0.354 e. The van der Waals surface area contributed by atoms with Crippen LogP contribution in [0.1, 0.15) is 6.92 Å². The van der Waals surface area contributed by atoms with Crippen molar-refractivity contribution in [3.05, 3.63) is 39.7 Å². The highest BCUT2D eigenvalue weighted by Crippen LogP contribution is 2.36. The molecule has 0 fully saturated rings. The second-order valence-corrected chi connectivity index (χ2v) is 6.97. The zero-order chi connectivity index (χ0) is 14.8. The van der Waals surface area contributed by atoms with Crippen LogP contribution in [0.2, 0.25) is 10.0 Å². The molecule has 3 rings (SSSR count). The summed E-state index contributed by atoms with van der Waals surface area (Å²) in [5, 5.41) is 8.25. The average Bonchev–Trinajstić information content (AvgIpc) is 2.92.